The minimum atomic E-state index is -0.595. The first kappa shape index (κ1) is 29.2. The Bertz CT molecular complexity index is 1740. The molecule has 0 spiro atoms. The van der Waals surface area contributed by atoms with Gasteiger partial charge in [-0.1, -0.05) is 74.0 Å². The lowest BCUT2D eigenvalue weighted by Crippen LogP contribution is -2.32. The van der Waals surface area contributed by atoms with Crippen molar-refractivity contribution in [3.8, 4) is 22.5 Å². The predicted octanol–water partition coefficient (Wildman–Crippen LogP) is 5.60. The number of aromatic nitrogens is 6. The van der Waals surface area contributed by atoms with Gasteiger partial charge in [0, 0.05) is 30.7 Å². The van der Waals surface area contributed by atoms with Gasteiger partial charge in [0.15, 0.2) is 5.82 Å². The summed E-state index contributed by atoms with van der Waals surface area (Å²) < 4.78 is 14.0. The molecule has 5 aromatic rings. The Labute approximate surface area is 244 Å². The lowest BCUT2D eigenvalue weighted by molar-refractivity contribution is 0.0869. The van der Waals surface area contributed by atoms with Crippen LogP contribution < -0.4 is 11.3 Å². The molecule has 0 saturated carbocycles. The molecule has 3 aromatic heterocycles. The number of benzene rings is 2. The van der Waals surface area contributed by atoms with Gasteiger partial charge in [0.2, 0.25) is 5.78 Å². The topological polar surface area (TPSA) is 120 Å². The molecule has 42 heavy (non-hydrogen) atoms. The molecule has 10 heteroatoms. The number of hydrogen-bond acceptors (Lipinski definition) is 7. The third kappa shape index (κ3) is 5.99. The van der Waals surface area contributed by atoms with Crippen molar-refractivity contribution >= 4 is 5.78 Å². The van der Waals surface area contributed by atoms with Gasteiger partial charge in [0.1, 0.15) is 6.33 Å². The lowest BCUT2D eigenvalue weighted by Gasteiger charge is -2.22. The summed E-state index contributed by atoms with van der Waals surface area (Å²) >= 11 is 0. The largest absolute Gasteiger partial charge is 0.439 e. The zero-order valence-corrected chi connectivity index (χ0v) is 24.7. The summed E-state index contributed by atoms with van der Waals surface area (Å²) in [6, 6.07) is 15.8. The Balaban J connectivity index is 1.51. The van der Waals surface area contributed by atoms with Gasteiger partial charge in [-0.2, -0.15) is 10.1 Å². The number of methoxy groups -OCH3 is 1. The van der Waals surface area contributed by atoms with E-state index >= 15 is 0 Å². The van der Waals surface area contributed by atoms with Crippen LogP contribution in [0.25, 0.3) is 28.3 Å². The normalized spacial score (nSPS) is 13.0. The summed E-state index contributed by atoms with van der Waals surface area (Å²) in [5, 5.41) is 8.43. The van der Waals surface area contributed by atoms with Gasteiger partial charge in [0.25, 0.3) is 5.56 Å². The van der Waals surface area contributed by atoms with Crippen molar-refractivity contribution in [3.05, 3.63) is 92.6 Å². The molecular weight excluding hydrogens is 532 g/mol. The molecule has 2 aromatic carbocycles. The smallest absolute Gasteiger partial charge is 0.381 e. The molecule has 0 aliphatic carbocycles. The van der Waals surface area contributed by atoms with E-state index in [0.717, 1.165) is 72.0 Å². The van der Waals surface area contributed by atoms with E-state index in [1.807, 2.05) is 57.6 Å². The fourth-order valence-electron chi connectivity index (χ4n) is 5.59. The van der Waals surface area contributed by atoms with Crippen LogP contribution in [0.2, 0.25) is 0 Å². The summed E-state index contributed by atoms with van der Waals surface area (Å²) in [7, 11) is 1.74. The summed E-state index contributed by atoms with van der Waals surface area (Å²) in [5.74, 6) is 0.375. The molecule has 220 valence electrons. The highest BCUT2D eigenvalue weighted by Gasteiger charge is 2.22. The van der Waals surface area contributed by atoms with Crippen molar-refractivity contribution in [2.45, 2.75) is 77.9 Å². The minimum Gasteiger partial charge on any atom is -0.381 e. The fraction of sp³-hybridized carbons (Fsp3) is 0.406. The van der Waals surface area contributed by atoms with Crippen LogP contribution in [0, 0.1) is 0 Å². The predicted molar refractivity (Wildman–Crippen MR) is 162 cm³/mol. The summed E-state index contributed by atoms with van der Waals surface area (Å²) in [6.45, 7) is 6.33. The molecule has 0 aliphatic rings. The number of ether oxygens (including phenoxy) is 1. The van der Waals surface area contributed by atoms with Crippen LogP contribution in [0.15, 0.2) is 69.0 Å². The van der Waals surface area contributed by atoms with Crippen molar-refractivity contribution < 1.29 is 9.26 Å². The fourth-order valence-corrected chi connectivity index (χ4v) is 5.59. The van der Waals surface area contributed by atoms with Gasteiger partial charge >= 0.3 is 5.76 Å². The molecule has 0 amide bonds. The van der Waals surface area contributed by atoms with E-state index in [9.17, 15) is 9.59 Å². The van der Waals surface area contributed by atoms with E-state index < -0.39 is 5.76 Å². The molecule has 3 heterocycles. The Hall–Kier alpha value is -4.31. The van der Waals surface area contributed by atoms with Crippen LogP contribution in [0.4, 0.5) is 0 Å². The van der Waals surface area contributed by atoms with Gasteiger partial charge in [-0.3, -0.25) is 18.9 Å². The standard InChI is InChI=1S/C32H38N6O4/c1-5-7-12-28-27(30(39)37(31-33-20-34-38(28)31)21(3)13-18-24(6-2)41-4)19-22-14-16-23(17-15-22)25-10-8-9-11-26(25)29-35-32(40)42-36-29/h8-11,14-17,20-21,24H,5-7,12-13,18-19H2,1-4H3,(H,35,36,40). The van der Waals surface area contributed by atoms with Crippen LogP contribution in [-0.4, -0.2) is 42.5 Å². The molecule has 0 fully saturated rings. The Morgan fingerprint density at radius 1 is 1.02 bits per heavy atom. The van der Waals surface area contributed by atoms with Crippen LogP contribution >= 0.6 is 0 Å². The number of nitrogens with zero attached hydrogens (tertiary/aromatic N) is 5. The highest BCUT2D eigenvalue weighted by molar-refractivity contribution is 5.80. The summed E-state index contributed by atoms with van der Waals surface area (Å²) in [5.41, 5.74) is 5.33. The number of unbranched alkanes of at least 4 members (excludes halogenated alkanes) is 1. The van der Waals surface area contributed by atoms with Crippen LogP contribution in [0.1, 0.15) is 75.7 Å². The van der Waals surface area contributed by atoms with Crippen LogP contribution in [0.3, 0.4) is 0 Å². The third-order valence-electron chi connectivity index (χ3n) is 8.00. The van der Waals surface area contributed by atoms with Crippen molar-refractivity contribution in [2.75, 3.05) is 7.11 Å². The van der Waals surface area contributed by atoms with E-state index in [2.05, 4.69) is 41.0 Å². The molecule has 0 aliphatic heterocycles. The van der Waals surface area contributed by atoms with Crippen molar-refractivity contribution in [1.82, 2.24) is 29.3 Å². The van der Waals surface area contributed by atoms with Gasteiger partial charge in [-0.15, -0.1) is 0 Å². The van der Waals surface area contributed by atoms with Crippen molar-refractivity contribution in [1.29, 1.82) is 0 Å². The lowest BCUT2D eigenvalue weighted by atomic mass is 9.96. The SMILES string of the molecule is CCCCc1c(Cc2ccc(-c3ccccc3-c3noc(=O)[nH]3)cc2)c(=O)n(C(C)CCC(CC)OC)c2ncnn12. The molecule has 2 atom stereocenters. The Morgan fingerprint density at radius 3 is 2.45 bits per heavy atom. The molecule has 0 radical (unpaired) electrons. The third-order valence-corrected chi connectivity index (χ3v) is 8.00. The number of hydrogen-bond donors (Lipinski definition) is 1. The molecule has 0 bridgehead atoms. The second-order valence-corrected chi connectivity index (χ2v) is 10.7. The van der Waals surface area contributed by atoms with Crippen molar-refractivity contribution in [3.63, 3.8) is 0 Å². The number of aromatic amines is 1. The number of H-pyrrole nitrogens is 1. The first-order chi connectivity index (χ1) is 20.4. The molecular formula is C32H38N6O4. The quantitative estimate of drug-likeness (QED) is 0.196. The molecule has 1 N–H and O–H groups in total. The van der Waals surface area contributed by atoms with Crippen LogP contribution in [0.5, 0.6) is 0 Å². The van der Waals surface area contributed by atoms with E-state index in [-0.39, 0.29) is 17.7 Å². The van der Waals surface area contributed by atoms with E-state index in [0.29, 0.717) is 18.0 Å². The molecule has 0 saturated heterocycles. The maximum atomic E-state index is 14.2. The number of aryl methyl sites for hydroxylation is 1. The average molecular weight is 571 g/mol. The highest BCUT2D eigenvalue weighted by Crippen LogP contribution is 2.30. The second-order valence-electron chi connectivity index (χ2n) is 10.7. The zero-order valence-electron chi connectivity index (χ0n) is 24.7. The summed E-state index contributed by atoms with van der Waals surface area (Å²) in [6.07, 6.45) is 7.47. The Kier molecular flexibility index (Phi) is 9.12. The molecule has 2 unspecified atom stereocenters. The minimum absolute atomic E-state index is 0.0102. The van der Waals surface area contributed by atoms with Gasteiger partial charge in [-0.05, 0) is 55.7 Å². The van der Waals surface area contributed by atoms with E-state index in [1.165, 1.54) is 6.33 Å². The molecule has 10 nitrogen and oxygen atoms in total. The second kappa shape index (κ2) is 13.1. The van der Waals surface area contributed by atoms with E-state index in [4.69, 9.17) is 9.26 Å². The average Bonchev–Trinajstić information content (AvgIpc) is 3.67. The van der Waals surface area contributed by atoms with Gasteiger partial charge in [-0.25, -0.2) is 9.31 Å². The summed E-state index contributed by atoms with van der Waals surface area (Å²) in [4.78, 5) is 32.9. The first-order valence-electron chi connectivity index (χ1n) is 14.7. The zero-order chi connectivity index (χ0) is 29.6. The monoisotopic (exact) mass is 570 g/mol. The number of rotatable bonds is 13. The Morgan fingerprint density at radius 2 is 1.79 bits per heavy atom. The van der Waals surface area contributed by atoms with Crippen LogP contribution in [-0.2, 0) is 17.6 Å². The maximum Gasteiger partial charge on any atom is 0.439 e. The van der Waals surface area contributed by atoms with Crippen molar-refractivity contribution in [2.24, 2.45) is 0 Å². The number of fused-ring (bicyclic) bond motifs is 1. The van der Waals surface area contributed by atoms with Gasteiger partial charge in [0.05, 0.1) is 11.8 Å². The number of nitrogens with one attached hydrogen (secondary N) is 1. The maximum absolute atomic E-state index is 14.2. The molecule has 5 rings (SSSR count). The van der Waals surface area contributed by atoms with Gasteiger partial charge < -0.3 is 4.74 Å². The van der Waals surface area contributed by atoms with E-state index in [1.54, 1.807) is 7.11 Å². The first-order valence-corrected chi connectivity index (χ1v) is 14.7. The highest BCUT2D eigenvalue weighted by atomic mass is 16.5.